The molecule has 130 valence electrons. The van der Waals surface area contributed by atoms with E-state index in [1.165, 1.54) is 32.1 Å². The van der Waals surface area contributed by atoms with Crippen LogP contribution in [0.25, 0.3) is 0 Å². The Morgan fingerprint density at radius 3 is 2.87 bits per heavy atom. The summed E-state index contributed by atoms with van der Waals surface area (Å²) in [6.07, 6.45) is 11.4. The van der Waals surface area contributed by atoms with Crippen LogP contribution in [0.4, 0.5) is 0 Å². The highest BCUT2D eigenvalue weighted by atomic mass is 127. The van der Waals surface area contributed by atoms with Crippen LogP contribution < -0.4 is 0 Å². The second-order valence-corrected chi connectivity index (χ2v) is 9.17. The Hall–Kier alpha value is 0.130. The summed E-state index contributed by atoms with van der Waals surface area (Å²) >= 11 is 2.44. The van der Waals surface area contributed by atoms with Gasteiger partial charge in [0, 0.05) is 6.42 Å². The second kappa shape index (κ2) is 6.80. The minimum atomic E-state index is -0.679. The fraction of sp³-hybridized carbons (Fsp3) is 0.800. The smallest absolute Gasteiger partial charge is 0.0828 e. The third kappa shape index (κ3) is 3.57. The molecule has 3 aliphatic rings. The number of allylic oxidation sites excluding steroid dienone is 1. The van der Waals surface area contributed by atoms with Crippen LogP contribution >= 0.6 is 22.6 Å². The summed E-state index contributed by atoms with van der Waals surface area (Å²) in [4.78, 5) is 0. The fourth-order valence-corrected chi connectivity index (χ4v) is 6.25. The zero-order valence-electron chi connectivity index (χ0n) is 14.7. The van der Waals surface area contributed by atoms with E-state index < -0.39 is 5.60 Å². The summed E-state index contributed by atoms with van der Waals surface area (Å²) in [6, 6.07) is 0. The Bertz CT molecular complexity index is 496. The van der Waals surface area contributed by atoms with E-state index in [0.29, 0.717) is 17.8 Å². The molecule has 0 bridgehead atoms. The van der Waals surface area contributed by atoms with Crippen LogP contribution in [0.2, 0.25) is 0 Å². The molecule has 1 N–H and O–H groups in total. The third-order valence-corrected chi connectivity index (χ3v) is 7.52. The Kier molecular flexibility index (Phi) is 5.30. The van der Waals surface area contributed by atoms with Gasteiger partial charge >= 0.3 is 0 Å². The highest BCUT2D eigenvalue weighted by molar-refractivity contribution is 14.1. The van der Waals surface area contributed by atoms with Crippen LogP contribution in [0.1, 0.15) is 59.3 Å². The normalized spacial score (nSPS) is 46.3. The number of rotatable bonds is 4. The largest absolute Gasteiger partial charge is 0.386 e. The molecular weight excluding hydrogens is 399 g/mol. The monoisotopic (exact) mass is 430 g/mol. The second-order valence-electron chi connectivity index (χ2n) is 8.55. The molecule has 3 heteroatoms. The highest BCUT2D eigenvalue weighted by Crippen LogP contribution is 2.59. The van der Waals surface area contributed by atoms with Crippen molar-refractivity contribution in [3.8, 4) is 0 Å². The van der Waals surface area contributed by atoms with Crippen molar-refractivity contribution in [3.05, 3.63) is 21.8 Å². The molecule has 3 rings (SSSR count). The molecular formula is C20H31IO2. The first-order valence-electron chi connectivity index (χ1n) is 9.18. The molecule has 23 heavy (non-hydrogen) atoms. The van der Waals surface area contributed by atoms with E-state index in [-0.39, 0.29) is 6.10 Å². The minimum Gasteiger partial charge on any atom is -0.386 e. The highest BCUT2D eigenvalue weighted by Gasteiger charge is 2.50. The Labute approximate surface area is 154 Å². The van der Waals surface area contributed by atoms with Crippen LogP contribution in [0.5, 0.6) is 0 Å². The van der Waals surface area contributed by atoms with E-state index in [0.717, 1.165) is 18.4 Å². The van der Waals surface area contributed by atoms with Gasteiger partial charge in [0.05, 0.1) is 18.3 Å². The van der Waals surface area contributed by atoms with Crippen molar-refractivity contribution in [2.45, 2.75) is 71.0 Å². The molecule has 0 aromatic carbocycles. The summed E-state index contributed by atoms with van der Waals surface area (Å²) in [6.45, 7) is 7.59. The van der Waals surface area contributed by atoms with Crippen molar-refractivity contribution >= 4 is 22.6 Å². The van der Waals surface area contributed by atoms with E-state index in [1.807, 2.05) is 19.1 Å². The number of hydrogen-bond donors (Lipinski definition) is 1. The predicted molar refractivity (Wildman–Crippen MR) is 104 cm³/mol. The van der Waals surface area contributed by atoms with E-state index in [1.54, 1.807) is 5.57 Å². The van der Waals surface area contributed by atoms with Crippen LogP contribution in [-0.4, -0.2) is 23.4 Å². The summed E-state index contributed by atoms with van der Waals surface area (Å²) in [5.74, 6) is 2.16. The van der Waals surface area contributed by atoms with E-state index in [9.17, 15) is 5.11 Å². The van der Waals surface area contributed by atoms with E-state index in [2.05, 4.69) is 40.5 Å². The summed E-state index contributed by atoms with van der Waals surface area (Å²) < 4.78 is 8.48. The first kappa shape index (κ1) is 17.9. The van der Waals surface area contributed by atoms with Crippen molar-refractivity contribution in [1.29, 1.82) is 0 Å². The molecule has 2 nitrogen and oxygen atoms in total. The molecule has 0 spiro atoms. The van der Waals surface area contributed by atoms with E-state index >= 15 is 0 Å². The average molecular weight is 430 g/mol. The number of fused-ring (bicyclic) bond motifs is 1. The minimum absolute atomic E-state index is 0.0913. The van der Waals surface area contributed by atoms with Gasteiger partial charge in [-0.1, -0.05) is 54.2 Å². The summed E-state index contributed by atoms with van der Waals surface area (Å²) in [5.41, 5.74) is 1.49. The van der Waals surface area contributed by atoms with Gasteiger partial charge in [-0.25, -0.2) is 0 Å². The number of aliphatic hydroxyl groups is 1. The van der Waals surface area contributed by atoms with Crippen molar-refractivity contribution in [2.24, 2.45) is 23.2 Å². The molecule has 2 saturated carbocycles. The van der Waals surface area contributed by atoms with Crippen LogP contribution in [0.15, 0.2) is 21.8 Å². The maximum atomic E-state index is 10.0. The maximum absolute atomic E-state index is 10.0. The van der Waals surface area contributed by atoms with Crippen molar-refractivity contribution in [1.82, 2.24) is 0 Å². The lowest BCUT2D eigenvalue weighted by atomic mass is 9.61. The first-order chi connectivity index (χ1) is 10.9. The molecule has 0 radical (unpaired) electrons. The quantitative estimate of drug-likeness (QED) is 0.488. The third-order valence-electron chi connectivity index (χ3n) is 6.72. The lowest BCUT2D eigenvalue weighted by Gasteiger charge is -2.44. The summed E-state index contributed by atoms with van der Waals surface area (Å²) in [5, 5.41) is 10.0. The molecule has 1 unspecified atom stereocenters. The van der Waals surface area contributed by atoms with Gasteiger partial charge in [0.25, 0.3) is 0 Å². The molecule has 3 aliphatic carbocycles. The van der Waals surface area contributed by atoms with Gasteiger partial charge in [0.1, 0.15) is 0 Å². The topological polar surface area (TPSA) is 29.5 Å². The lowest BCUT2D eigenvalue weighted by molar-refractivity contribution is -0.00791. The zero-order chi connectivity index (χ0) is 16.7. The Morgan fingerprint density at radius 2 is 2.22 bits per heavy atom. The number of halogens is 1. The molecule has 0 aromatic rings. The molecule has 2 fully saturated rings. The van der Waals surface area contributed by atoms with Gasteiger partial charge in [0.2, 0.25) is 0 Å². The molecule has 0 aliphatic heterocycles. The SMILES string of the molecule is C[C@@H](CO[C@H]1C=C[C@@](C)(O)C1)[C@H]1CCC2/C(=C/I)CCC[C@@]21C. The fourth-order valence-electron chi connectivity index (χ4n) is 5.51. The zero-order valence-corrected chi connectivity index (χ0v) is 16.9. The van der Waals surface area contributed by atoms with Gasteiger partial charge in [0.15, 0.2) is 0 Å². The first-order valence-corrected chi connectivity index (χ1v) is 10.4. The molecule has 0 aromatic heterocycles. The number of ether oxygens (including phenoxy) is 1. The molecule has 0 heterocycles. The van der Waals surface area contributed by atoms with Gasteiger partial charge < -0.3 is 9.84 Å². The maximum Gasteiger partial charge on any atom is 0.0828 e. The lowest BCUT2D eigenvalue weighted by Crippen LogP contribution is -2.37. The van der Waals surface area contributed by atoms with Crippen molar-refractivity contribution < 1.29 is 9.84 Å². The molecule has 6 atom stereocenters. The Balaban J connectivity index is 1.60. The standard InChI is InChI=1S/C20H31IO2/c1-14(13-23-16-8-10-19(2,22)11-16)17-6-7-18-15(12-21)5-4-9-20(17,18)3/h8,10,12,14,16-18,22H,4-7,9,11,13H2,1-3H3/b15-12+/t14-,16-,17+,18?,19+,20+/m0/s1. The molecule has 0 saturated heterocycles. The molecule has 0 amide bonds. The average Bonchev–Trinajstić information content (AvgIpc) is 3.03. The van der Waals surface area contributed by atoms with E-state index in [4.69, 9.17) is 4.74 Å². The summed E-state index contributed by atoms with van der Waals surface area (Å²) in [7, 11) is 0. The van der Waals surface area contributed by atoms with Crippen LogP contribution in [0.3, 0.4) is 0 Å². The van der Waals surface area contributed by atoms with Gasteiger partial charge in [-0.2, -0.15) is 0 Å². The predicted octanol–water partition coefficient (Wildman–Crippen LogP) is 5.25. The van der Waals surface area contributed by atoms with Crippen molar-refractivity contribution in [3.63, 3.8) is 0 Å². The van der Waals surface area contributed by atoms with Gasteiger partial charge in [-0.3, -0.25) is 0 Å². The van der Waals surface area contributed by atoms with Gasteiger partial charge in [-0.15, -0.1) is 0 Å². The van der Waals surface area contributed by atoms with Gasteiger partial charge in [-0.05, 0) is 66.3 Å². The van der Waals surface area contributed by atoms with Crippen LogP contribution in [0, 0.1) is 23.2 Å². The Morgan fingerprint density at radius 1 is 1.43 bits per heavy atom. The van der Waals surface area contributed by atoms with Crippen molar-refractivity contribution in [2.75, 3.05) is 6.61 Å². The number of hydrogen-bond acceptors (Lipinski definition) is 2. The van der Waals surface area contributed by atoms with Crippen LogP contribution in [-0.2, 0) is 4.74 Å².